The Morgan fingerprint density at radius 2 is 1.94 bits per heavy atom. The number of primary amides is 1. The minimum absolute atomic E-state index is 0.0613. The Kier molecular flexibility index (Phi) is 3.33. The highest BCUT2D eigenvalue weighted by atomic mass is 32.1. The Hall–Kier alpha value is -1.89. The maximum atomic E-state index is 13.0. The Balaban J connectivity index is 2.39. The fourth-order valence-electron chi connectivity index (χ4n) is 1.60. The van der Waals surface area contributed by atoms with Gasteiger partial charge in [0, 0.05) is 6.07 Å². The van der Waals surface area contributed by atoms with Crippen molar-refractivity contribution >= 4 is 18.5 Å². The van der Waals surface area contributed by atoms with Crippen molar-refractivity contribution in [3.8, 4) is 0 Å². The van der Waals surface area contributed by atoms with Crippen molar-refractivity contribution < 1.29 is 13.6 Å². The minimum atomic E-state index is -0.688. The number of nitrogens with two attached hydrogens (primary N) is 1. The molecule has 18 heavy (non-hydrogen) atoms. The highest BCUT2D eigenvalue weighted by Crippen LogP contribution is 2.14. The van der Waals surface area contributed by atoms with E-state index in [4.69, 9.17) is 5.73 Å². The molecular formula is C11H9F2N3OS. The topological polar surface area (TPSA) is 60.9 Å². The highest BCUT2D eigenvalue weighted by Gasteiger charge is 2.13. The van der Waals surface area contributed by atoms with Crippen molar-refractivity contribution in [2.24, 2.45) is 5.73 Å². The SMILES string of the molecule is NC(=O)c1cnc(S)n1Cc1cc(F)cc(F)c1. The summed E-state index contributed by atoms with van der Waals surface area (Å²) in [6.45, 7) is 0.0613. The van der Waals surface area contributed by atoms with E-state index in [1.54, 1.807) is 0 Å². The van der Waals surface area contributed by atoms with E-state index in [-0.39, 0.29) is 17.4 Å². The van der Waals surface area contributed by atoms with Crippen LogP contribution in [0.25, 0.3) is 0 Å². The number of carbonyl (C=O) groups excluding carboxylic acids is 1. The molecule has 1 heterocycles. The van der Waals surface area contributed by atoms with Crippen molar-refractivity contribution in [2.45, 2.75) is 11.7 Å². The first kappa shape index (κ1) is 12.6. The molecule has 0 aliphatic heterocycles. The van der Waals surface area contributed by atoms with Crippen LogP contribution in [0, 0.1) is 11.6 Å². The lowest BCUT2D eigenvalue weighted by Crippen LogP contribution is -2.17. The van der Waals surface area contributed by atoms with Crippen LogP contribution in [0.4, 0.5) is 8.78 Å². The quantitative estimate of drug-likeness (QED) is 0.831. The molecule has 0 bridgehead atoms. The average Bonchev–Trinajstić information content (AvgIpc) is 2.59. The molecule has 1 amide bonds. The van der Waals surface area contributed by atoms with Gasteiger partial charge in [-0.05, 0) is 17.7 Å². The highest BCUT2D eigenvalue weighted by molar-refractivity contribution is 7.80. The van der Waals surface area contributed by atoms with Crippen molar-refractivity contribution in [3.63, 3.8) is 0 Å². The van der Waals surface area contributed by atoms with E-state index >= 15 is 0 Å². The maximum absolute atomic E-state index is 13.0. The van der Waals surface area contributed by atoms with Gasteiger partial charge in [0.1, 0.15) is 17.3 Å². The number of nitrogens with zero attached hydrogens (tertiary/aromatic N) is 2. The molecule has 0 saturated heterocycles. The minimum Gasteiger partial charge on any atom is -0.364 e. The van der Waals surface area contributed by atoms with Gasteiger partial charge in [0.15, 0.2) is 5.16 Å². The number of rotatable bonds is 3. The van der Waals surface area contributed by atoms with Gasteiger partial charge >= 0.3 is 0 Å². The number of hydrogen-bond acceptors (Lipinski definition) is 3. The van der Waals surface area contributed by atoms with E-state index in [1.165, 1.54) is 22.9 Å². The fourth-order valence-corrected chi connectivity index (χ4v) is 1.84. The number of carbonyl (C=O) groups is 1. The van der Waals surface area contributed by atoms with E-state index in [9.17, 15) is 13.6 Å². The molecule has 1 aromatic heterocycles. The summed E-state index contributed by atoms with van der Waals surface area (Å²) in [7, 11) is 0. The lowest BCUT2D eigenvalue weighted by molar-refractivity contribution is 0.0991. The van der Waals surface area contributed by atoms with Crippen LogP contribution in [0.2, 0.25) is 0 Å². The molecule has 2 rings (SSSR count). The zero-order valence-corrected chi connectivity index (χ0v) is 9.99. The molecular weight excluding hydrogens is 260 g/mol. The van der Waals surface area contributed by atoms with Crippen LogP contribution < -0.4 is 5.73 Å². The van der Waals surface area contributed by atoms with Crippen molar-refractivity contribution in [1.82, 2.24) is 9.55 Å². The van der Waals surface area contributed by atoms with Crippen LogP contribution in [0.5, 0.6) is 0 Å². The second-order valence-corrected chi connectivity index (χ2v) is 4.07. The molecule has 2 aromatic rings. The van der Waals surface area contributed by atoms with Gasteiger partial charge in [0.2, 0.25) is 0 Å². The first-order valence-electron chi connectivity index (χ1n) is 4.96. The monoisotopic (exact) mass is 269 g/mol. The lowest BCUT2D eigenvalue weighted by atomic mass is 10.2. The molecule has 1 aromatic carbocycles. The number of hydrogen-bond donors (Lipinski definition) is 2. The molecule has 0 fully saturated rings. The third kappa shape index (κ3) is 2.51. The summed E-state index contributed by atoms with van der Waals surface area (Å²) in [5.41, 5.74) is 5.64. The van der Waals surface area contributed by atoms with E-state index in [1.807, 2.05) is 0 Å². The van der Waals surface area contributed by atoms with Gasteiger partial charge < -0.3 is 10.3 Å². The molecule has 7 heteroatoms. The summed E-state index contributed by atoms with van der Waals surface area (Å²) in [5, 5.41) is 0.244. The number of aromatic nitrogens is 2. The second-order valence-electron chi connectivity index (χ2n) is 3.67. The van der Waals surface area contributed by atoms with E-state index in [0.29, 0.717) is 5.56 Å². The predicted molar refractivity (Wildman–Crippen MR) is 63.5 cm³/mol. The van der Waals surface area contributed by atoms with Gasteiger partial charge in [0.05, 0.1) is 12.7 Å². The molecule has 0 atom stereocenters. The van der Waals surface area contributed by atoms with Crippen molar-refractivity contribution in [1.29, 1.82) is 0 Å². The van der Waals surface area contributed by atoms with Crippen LogP contribution >= 0.6 is 12.6 Å². The number of thiol groups is 1. The summed E-state index contributed by atoms with van der Waals surface area (Å²) < 4.78 is 27.5. The van der Waals surface area contributed by atoms with Crippen LogP contribution in [0.15, 0.2) is 29.6 Å². The number of benzene rings is 1. The maximum Gasteiger partial charge on any atom is 0.267 e. The molecule has 0 spiro atoms. The summed E-state index contributed by atoms with van der Waals surface area (Å²) in [6, 6.07) is 3.11. The largest absolute Gasteiger partial charge is 0.364 e. The molecule has 0 aliphatic carbocycles. The summed E-state index contributed by atoms with van der Waals surface area (Å²) in [4.78, 5) is 15.0. The molecule has 0 radical (unpaired) electrons. The van der Waals surface area contributed by atoms with Crippen LogP contribution in [0.1, 0.15) is 16.1 Å². The Bertz CT molecular complexity index is 592. The summed E-state index contributed by atoms with van der Waals surface area (Å²) in [6.07, 6.45) is 1.26. The Morgan fingerprint density at radius 1 is 1.33 bits per heavy atom. The van der Waals surface area contributed by atoms with Gasteiger partial charge in [-0.15, -0.1) is 12.6 Å². The number of amides is 1. The van der Waals surface area contributed by atoms with Gasteiger partial charge in [-0.3, -0.25) is 4.79 Å². The van der Waals surface area contributed by atoms with Gasteiger partial charge in [0.25, 0.3) is 5.91 Å². The third-order valence-electron chi connectivity index (χ3n) is 2.35. The van der Waals surface area contributed by atoms with Crippen molar-refractivity contribution in [3.05, 3.63) is 47.3 Å². The zero-order valence-electron chi connectivity index (χ0n) is 9.10. The molecule has 0 saturated carbocycles. The van der Waals surface area contributed by atoms with Gasteiger partial charge in [-0.1, -0.05) is 0 Å². The Labute approximate surface area is 107 Å². The Morgan fingerprint density at radius 3 is 2.50 bits per heavy atom. The second kappa shape index (κ2) is 4.77. The smallest absolute Gasteiger partial charge is 0.267 e. The lowest BCUT2D eigenvalue weighted by Gasteiger charge is -2.08. The number of halogens is 2. The molecule has 0 aliphatic rings. The standard InChI is InChI=1S/C11H9F2N3OS/c12-7-1-6(2-8(13)3-7)5-16-9(10(14)17)4-15-11(16)18/h1-4H,5H2,(H2,14,17)(H,15,18). The first-order chi connectivity index (χ1) is 8.47. The summed E-state index contributed by atoms with van der Waals surface area (Å²) >= 11 is 4.05. The number of imidazole rings is 1. The van der Waals surface area contributed by atoms with E-state index in [0.717, 1.165) is 6.07 Å². The molecule has 0 unspecified atom stereocenters. The third-order valence-corrected chi connectivity index (χ3v) is 2.71. The summed E-state index contributed by atoms with van der Waals surface area (Å²) in [5.74, 6) is -2.06. The van der Waals surface area contributed by atoms with Gasteiger partial charge in [-0.2, -0.15) is 0 Å². The first-order valence-corrected chi connectivity index (χ1v) is 5.41. The normalized spacial score (nSPS) is 10.6. The van der Waals surface area contributed by atoms with Crippen molar-refractivity contribution in [2.75, 3.05) is 0 Å². The van der Waals surface area contributed by atoms with E-state index < -0.39 is 17.5 Å². The molecule has 94 valence electrons. The van der Waals surface area contributed by atoms with Crippen LogP contribution in [-0.4, -0.2) is 15.5 Å². The zero-order chi connectivity index (χ0) is 13.3. The van der Waals surface area contributed by atoms with E-state index in [2.05, 4.69) is 17.6 Å². The average molecular weight is 269 g/mol. The molecule has 4 nitrogen and oxygen atoms in total. The van der Waals surface area contributed by atoms with Crippen LogP contribution in [0.3, 0.4) is 0 Å². The van der Waals surface area contributed by atoms with Crippen LogP contribution in [-0.2, 0) is 6.54 Å². The predicted octanol–water partition coefficient (Wildman–Crippen LogP) is 1.60. The fraction of sp³-hybridized carbons (Fsp3) is 0.0909. The van der Waals surface area contributed by atoms with Gasteiger partial charge in [-0.25, -0.2) is 13.8 Å². The molecule has 2 N–H and O–H groups in total.